The summed E-state index contributed by atoms with van der Waals surface area (Å²) >= 11 is 1.27. The zero-order chi connectivity index (χ0) is 16.4. The zero-order valence-electron chi connectivity index (χ0n) is 12.7. The quantitative estimate of drug-likeness (QED) is 0.500. The molecular weight excluding hydrogens is 322 g/mol. The van der Waals surface area contributed by atoms with Crippen molar-refractivity contribution in [2.75, 3.05) is 4.90 Å². The summed E-state index contributed by atoms with van der Waals surface area (Å²) in [5, 5.41) is 0. The lowest BCUT2D eigenvalue weighted by Crippen LogP contribution is -2.30. The zero-order valence-corrected chi connectivity index (χ0v) is 13.5. The molecule has 5 rings (SSSR count). The normalized spacial score (nSPS) is 14.1. The van der Waals surface area contributed by atoms with Crippen molar-refractivity contribution in [1.29, 1.82) is 0 Å². The van der Waals surface area contributed by atoms with E-state index in [0.29, 0.717) is 21.2 Å². The maximum Gasteiger partial charge on any atom is 0.284 e. The smallest absolute Gasteiger partial charge is 0.277 e. The maximum absolute atomic E-state index is 13.0. The van der Waals surface area contributed by atoms with Crippen molar-refractivity contribution in [2.45, 2.75) is 6.92 Å². The second-order valence-electron chi connectivity index (χ2n) is 5.78. The predicted octanol–water partition coefficient (Wildman–Crippen LogP) is 3.66. The third kappa shape index (κ3) is 1.60. The van der Waals surface area contributed by atoms with Crippen LogP contribution in [0.3, 0.4) is 0 Å². The number of imide groups is 1. The van der Waals surface area contributed by atoms with Crippen LogP contribution in [-0.2, 0) is 0 Å². The van der Waals surface area contributed by atoms with Gasteiger partial charge in [0.2, 0.25) is 0 Å². The number of fused-ring (bicyclic) bond motifs is 5. The Morgan fingerprint density at radius 1 is 1.00 bits per heavy atom. The number of hydrogen-bond acceptors (Lipinski definition) is 4. The van der Waals surface area contributed by atoms with Gasteiger partial charge < -0.3 is 0 Å². The molecule has 0 aliphatic carbocycles. The van der Waals surface area contributed by atoms with Crippen LogP contribution in [0.25, 0.3) is 16.0 Å². The lowest BCUT2D eigenvalue weighted by Gasteiger charge is -2.14. The van der Waals surface area contributed by atoms with Crippen molar-refractivity contribution < 1.29 is 9.59 Å². The lowest BCUT2D eigenvalue weighted by atomic mass is 10.2. The van der Waals surface area contributed by atoms with Gasteiger partial charge in [0.25, 0.3) is 11.8 Å². The number of carbonyl (C=O) groups excluding carboxylic acids is 2. The van der Waals surface area contributed by atoms with Crippen molar-refractivity contribution in [3.05, 3.63) is 64.7 Å². The molecule has 0 fully saturated rings. The van der Waals surface area contributed by atoms with Crippen LogP contribution in [0.5, 0.6) is 0 Å². The summed E-state index contributed by atoms with van der Waals surface area (Å²) < 4.78 is 1.80. The fourth-order valence-corrected chi connectivity index (χ4v) is 4.23. The van der Waals surface area contributed by atoms with E-state index in [1.165, 1.54) is 16.2 Å². The van der Waals surface area contributed by atoms with E-state index in [1.54, 1.807) is 10.5 Å². The number of rotatable bonds is 1. The largest absolute Gasteiger partial charge is 0.284 e. The molecule has 0 radical (unpaired) electrons. The first-order valence-corrected chi connectivity index (χ1v) is 8.32. The molecule has 24 heavy (non-hydrogen) atoms. The molecule has 1 aliphatic heterocycles. The Hall–Kier alpha value is -2.99. The minimum absolute atomic E-state index is 0.278. The highest BCUT2D eigenvalue weighted by molar-refractivity contribution is 7.19. The van der Waals surface area contributed by atoms with E-state index in [0.717, 1.165) is 16.6 Å². The molecule has 2 amide bonds. The van der Waals surface area contributed by atoms with Gasteiger partial charge in [0.15, 0.2) is 4.96 Å². The minimum Gasteiger partial charge on any atom is -0.277 e. The molecule has 0 unspecified atom stereocenters. The Morgan fingerprint density at radius 3 is 2.67 bits per heavy atom. The molecule has 0 N–H and O–H groups in total. The van der Waals surface area contributed by atoms with Crippen LogP contribution in [0.1, 0.15) is 25.7 Å². The highest BCUT2D eigenvalue weighted by Crippen LogP contribution is 2.36. The molecule has 3 heterocycles. The summed E-state index contributed by atoms with van der Waals surface area (Å²) in [7, 11) is 0. The van der Waals surface area contributed by atoms with Crippen LogP contribution >= 0.6 is 11.3 Å². The van der Waals surface area contributed by atoms with Crippen LogP contribution < -0.4 is 4.90 Å². The average Bonchev–Trinajstić information content (AvgIpc) is 3.16. The van der Waals surface area contributed by atoms with Crippen LogP contribution in [0.15, 0.2) is 48.5 Å². The molecule has 1 aliphatic rings. The Kier molecular flexibility index (Phi) is 2.53. The molecule has 0 saturated heterocycles. The minimum atomic E-state index is -0.296. The first-order chi connectivity index (χ1) is 11.6. The number of amides is 2. The number of aryl methyl sites for hydroxylation is 1. The van der Waals surface area contributed by atoms with Gasteiger partial charge in [-0.25, -0.2) is 9.88 Å². The fourth-order valence-electron chi connectivity index (χ4n) is 3.17. The number of aromatic nitrogens is 2. The molecule has 2 aromatic heterocycles. The molecular formula is C18H11N3O2S. The van der Waals surface area contributed by atoms with Crippen molar-refractivity contribution in [3.63, 3.8) is 0 Å². The maximum atomic E-state index is 13.0. The molecule has 6 heteroatoms. The topological polar surface area (TPSA) is 54.7 Å². The van der Waals surface area contributed by atoms with Crippen molar-refractivity contribution in [1.82, 2.24) is 9.38 Å². The highest BCUT2D eigenvalue weighted by Gasteiger charge is 2.41. The number of thiazole rings is 1. The molecule has 0 spiro atoms. The van der Waals surface area contributed by atoms with Crippen molar-refractivity contribution >= 4 is 44.8 Å². The SMILES string of the molecule is Cc1cccc(N2C(=O)c3sc4nc5ccccc5n4c3C2=O)c1. The number of carbonyl (C=O) groups is 2. The van der Waals surface area contributed by atoms with Gasteiger partial charge in [0.1, 0.15) is 10.6 Å². The second kappa shape index (κ2) is 4.52. The van der Waals surface area contributed by atoms with Gasteiger partial charge in [0.05, 0.1) is 16.7 Å². The van der Waals surface area contributed by atoms with E-state index in [4.69, 9.17) is 0 Å². The lowest BCUT2D eigenvalue weighted by molar-refractivity contribution is 0.0925. The number of para-hydroxylation sites is 2. The fraction of sp³-hybridized carbons (Fsp3) is 0.0556. The van der Waals surface area contributed by atoms with E-state index >= 15 is 0 Å². The third-order valence-electron chi connectivity index (χ3n) is 4.22. The Morgan fingerprint density at radius 2 is 1.83 bits per heavy atom. The summed E-state index contributed by atoms with van der Waals surface area (Å²) in [4.78, 5) is 32.7. The van der Waals surface area contributed by atoms with Crippen LogP contribution in [0.2, 0.25) is 0 Å². The molecule has 116 valence electrons. The molecule has 0 saturated carbocycles. The standard InChI is InChI=1S/C18H11N3O2S/c1-10-5-4-6-11(9-10)20-16(22)14-15(17(20)23)24-18-19-12-7-2-3-8-13(12)21(14)18/h2-9H,1H3. The molecule has 2 aromatic carbocycles. The first kappa shape index (κ1) is 13.4. The Balaban J connectivity index is 1.77. The van der Waals surface area contributed by atoms with Crippen molar-refractivity contribution in [3.8, 4) is 0 Å². The van der Waals surface area contributed by atoms with Gasteiger partial charge in [-0.05, 0) is 36.8 Å². The van der Waals surface area contributed by atoms with Gasteiger partial charge in [-0.1, -0.05) is 35.6 Å². The van der Waals surface area contributed by atoms with Crippen LogP contribution in [-0.4, -0.2) is 21.2 Å². The van der Waals surface area contributed by atoms with Crippen molar-refractivity contribution in [2.24, 2.45) is 0 Å². The van der Waals surface area contributed by atoms with Gasteiger partial charge in [0, 0.05) is 0 Å². The number of anilines is 1. The van der Waals surface area contributed by atoms with E-state index in [2.05, 4.69) is 4.98 Å². The van der Waals surface area contributed by atoms with Crippen LogP contribution in [0, 0.1) is 6.92 Å². The molecule has 0 bridgehead atoms. The Labute approximate surface area is 140 Å². The molecule has 5 nitrogen and oxygen atoms in total. The second-order valence-corrected chi connectivity index (χ2v) is 6.76. The Bertz CT molecular complexity index is 1170. The number of imidazole rings is 1. The highest BCUT2D eigenvalue weighted by atomic mass is 32.1. The average molecular weight is 333 g/mol. The first-order valence-electron chi connectivity index (χ1n) is 7.50. The summed E-state index contributed by atoms with van der Waals surface area (Å²) in [6.45, 7) is 1.94. The summed E-state index contributed by atoms with van der Waals surface area (Å²) in [6.07, 6.45) is 0. The monoisotopic (exact) mass is 333 g/mol. The van der Waals surface area contributed by atoms with Gasteiger partial charge in [-0.3, -0.25) is 14.0 Å². The van der Waals surface area contributed by atoms with Gasteiger partial charge in [-0.15, -0.1) is 0 Å². The van der Waals surface area contributed by atoms with E-state index in [-0.39, 0.29) is 11.8 Å². The van der Waals surface area contributed by atoms with E-state index < -0.39 is 0 Å². The number of hydrogen-bond donors (Lipinski definition) is 0. The number of benzene rings is 2. The summed E-state index contributed by atoms with van der Waals surface area (Å²) in [6, 6.07) is 15.0. The van der Waals surface area contributed by atoms with Crippen LogP contribution in [0.4, 0.5) is 5.69 Å². The third-order valence-corrected chi connectivity index (χ3v) is 5.25. The molecule has 0 atom stereocenters. The van der Waals surface area contributed by atoms with E-state index in [9.17, 15) is 9.59 Å². The number of nitrogens with zero attached hydrogens (tertiary/aromatic N) is 3. The molecule has 4 aromatic rings. The predicted molar refractivity (Wildman–Crippen MR) is 92.9 cm³/mol. The summed E-state index contributed by atoms with van der Waals surface area (Å²) in [5.41, 5.74) is 3.68. The van der Waals surface area contributed by atoms with Gasteiger partial charge in [-0.2, -0.15) is 0 Å². The van der Waals surface area contributed by atoms with E-state index in [1.807, 2.05) is 49.4 Å². The van der Waals surface area contributed by atoms with Gasteiger partial charge >= 0.3 is 0 Å². The summed E-state index contributed by atoms with van der Waals surface area (Å²) in [5.74, 6) is -0.574.